The van der Waals surface area contributed by atoms with Gasteiger partial charge < -0.3 is 19.9 Å². The maximum atomic E-state index is 5.65. The number of para-hydroxylation sites is 1. The Morgan fingerprint density at radius 2 is 2.15 bits per heavy atom. The number of aromatic nitrogens is 2. The van der Waals surface area contributed by atoms with Gasteiger partial charge >= 0.3 is 0 Å². The summed E-state index contributed by atoms with van der Waals surface area (Å²) in [6, 6.07) is 8.28. The van der Waals surface area contributed by atoms with Crippen LogP contribution >= 0.6 is 24.0 Å². The lowest BCUT2D eigenvalue weighted by Crippen LogP contribution is -2.37. The van der Waals surface area contributed by atoms with Crippen LogP contribution in [-0.4, -0.2) is 42.3 Å². The van der Waals surface area contributed by atoms with Gasteiger partial charge in [-0.05, 0) is 36.8 Å². The summed E-state index contributed by atoms with van der Waals surface area (Å²) in [6.07, 6.45) is 9.22. The zero-order chi connectivity index (χ0) is 17.3. The molecule has 0 saturated heterocycles. The van der Waals surface area contributed by atoms with Crippen LogP contribution in [0.5, 0.6) is 0 Å². The molecule has 1 aliphatic carbocycles. The van der Waals surface area contributed by atoms with Gasteiger partial charge in [0.1, 0.15) is 0 Å². The summed E-state index contributed by atoms with van der Waals surface area (Å²) >= 11 is 0. The maximum absolute atomic E-state index is 5.65. The SMILES string of the molecule is CN=C(NCCCOCC1CC1)NCc1ccccc1-n1ccnc1.I. The number of nitrogens with one attached hydrogen (secondary N) is 2. The van der Waals surface area contributed by atoms with Crippen LogP contribution in [0.2, 0.25) is 0 Å². The molecule has 0 atom stereocenters. The van der Waals surface area contributed by atoms with Gasteiger partial charge in [0.25, 0.3) is 0 Å². The van der Waals surface area contributed by atoms with E-state index < -0.39 is 0 Å². The van der Waals surface area contributed by atoms with E-state index in [0.29, 0.717) is 6.54 Å². The topological polar surface area (TPSA) is 63.5 Å². The molecule has 0 amide bonds. The van der Waals surface area contributed by atoms with Crippen LogP contribution in [0.1, 0.15) is 24.8 Å². The number of rotatable bonds is 9. The van der Waals surface area contributed by atoms with Crippen LogP contribution in [0.15, 0.2) is 48.0 Å². The number of nitrogens with zero attached hydrogens (tertiary/aromatic N) is 3. The smallest absolute Gasteiger partial charge is 0.191 e. The molecule has 1 aromatic heterocycles. The van der Waals surface area contributed by atoms with Crippen molar-refractivity contribution >= 4 is 29.9 Å². The fraction of sp³-hybridized carbons (Fsp3) is 0.474. The standard InChI is InChI=1S/C19H27N5O.HI/c1-20-19(22-9-4-12-25-14-16-7-8-16)23-13-17-5-2-3-6-18(17)24-11-10-21-15-24;/h2-3,5-6,10-11,15-16H,4,7-9,12-14H2,1H3,(H2,20,22,23);1H. The minimum Gasteiger partial charge on any atom is -0.381 e. The van der Waals surface area contributed by atoms with Crippen molar-refractivity contribution in [3.05, 3.63) is 48.5 Å². The molecule has 3 rings (SSSR count). The number of imidazole rings is 1. The van der Waals surface area contributed by atoms with Gasteiger partial charge in [-0.2, -0.15) is 0 Å². The molecule has 26 heavy (non-hydrogen) atoms. The minimum atomic E-state index is 0. The normalized spacial score (nSPS) is 14.0. The fourth-order valence-corrected chi connectivity index (χ4v) is 2.63. The molecule has 7 heteroatoms. The van der Waals surface area contributed by atoms with Crippen molar-refractivity contribution < 1.29 is 4.74 Å². The molecule has 0 bridgehead atoms. The monoisotopic (exact) mass is 469 g/mol. The number of aliphatic imine (C=N–C) groups is 1. The van der Waals surface area contributed by atoms with Crippen molar-refractivity contribution in [3.8, 4) is 5.69 Å². The summed E-state index contributed by atoms with van der Waals surface area (Å²) in [5.74, 6) is 1.64. The van der Waals surface area contributed by atoms with Gasteiger partial charge in [-0.1, -0.05) is 18.2 Å². The lowest BCUT2D eigenvalue weighted by atomic mass is 10.1. The van der Waals surface area contributed by atoms with Gasteiger partial charge in [0.05, 0.1) is 12.0 Å². The summed E-state index contributed by atoms with van der Waals surface area (Å²) in [4.78, 5) is 8.41. The molecule has 1 aliphatic rings. The predicted molar refractivity (Wildman–Crippen MR) is 115 cm³/mol. The molecule has 1 fully saturated rings. The quantitative estimate of drug-likeness (QED) is 0.257. The van der Waals surface area contributed by atoms with Crippen LogP contribution in [0.3, 0.4) is 0 Å². The average molecular weight is 469 g/mol. The van der Waals surface area contributed by atoms with E-state index in [2.05, 4.69) is 32.7 Å². The van der Waals surface area contributed by atoms with Gasteiger partial charge in [0.15, 0.2) is 5.96 Å². The second kappa shape index (κ2) is 11.2. The molecular weight excluding hydrogens is 441 g/mol. The third-order valence-corrected chi connectivity index (χ3v) is 4.25. The van der Waals surface area contributed by atoms with E-state index in [-0.39, 0.29) is 24.0 Å². The molecule has 142 valence electrons. The van der Waals surface area contributed by atoms with Gasteiger partial charge in [0.2, 0.25) is 0 Å². The first-order valence-corrected chi connectivity index (χ1v) is 8.95. The maximum Gasteiger partial charge on any atom is 0.191 e. The van der Waals surface area contributed by atoms with Gasteiger partial charge in [-0.25, -0.2) is 4.98 Å². The first-order valence-electron chi connectivity index (χ1n) is 8.95. The van der Waals surface area contributed by atoms with E-state index >= 15 is 0 Å². The highest BCUT2D eigenvalue weighted by molar-refractivity contribution is 14.0. The van der Waals surface area contributed by atoms with Gasteiger partial charge in [0, 0.05) is 45.7 Å². The van der Waals surface area contributed by atoms with E-state index in [4.69, 9.17) is 4.74 Å². The molecule has 2 aromatic rings. The number of benzene rings is 1. The summed E-state index contributed by atoms with van der Waals surface area (Å²) in [7, 11) is 1.79. The first-order chi connectivity index (χ1) is 12.4. The van der Waals surface area contributed by atoms with Crippen molar-refractivity contribution in [2.24, 2.45) is 10.9 Å². The number of hydrogen-bond donors (Lipinski definition) is 2. The Hall–Kier alpha value is -1.61. The number of ether oxygens (including phenoxy) is 1. The minimum absolute atomic E-state index is 0. The van der Waals surface area contributed by atoms with Crippen molar-refractivity contribution in [1.82, 2.24) is 20.2 Å². The number of hydrogen-bond acceptors (Lipinski definition) is 3. The zero-order valence-electron chi connectivity index (χ0n) is 15.2. The molecule has 1 heterocycles. The van der Waals surface area contributed by atoms with E-state index in [0.717, 1.165) is 43.7 Å². The summed E-state index contributed by atoms with van der Waals surface area (Å²) in [5, 5.41) is 6.71. The molecule has 0 radical (unpaired) electrons. The predicted octanol–water partition coefficient (Wildman–Crippen LogP) is 2.97. The highest BCUT2D eigenvalue weighted by Gasteiger charge is 2.20. The fourth-order valence-electron chi connectivity index (χ4n) is 2.63. The molecule has 1 aromatic carbocycles. The third-order valence-electron chi connectivity index (χ3n) is 4.25. The molecule has 0 aliphatic heterocycles. The lowest BCUT2D eigenvalue weighted by Gasteiger charge is -2.14. The third kappa shape index (κ3) is 6.60. The van der Waals surface area contributed by atoms with Crippen molar-refractivity contribution in [3.63, 3.8) is 0 Å². The van der Waals surface area contributed by atoms with Crippen molar-refractivity contribution in [2.45, 2.75) is 25.8 Å². The van der Waals surface area contributed by atoms with Crippen LogP contribution in [-0.2, 0) is 11.3 Å². The van der Waals surface area contributed by atoms with E-state index in [1.807, 2.05) is 29.2 Å². The van der Waals surface area contributed by atoms with Crippen molar-refractivity contribution in [1.29, 1.82) is 0 Å². The molecule has 0 spiro atoms. The Morgan fingerprint density at radius 3 is 2.88 bits per heavy atom. The molecule has 0 unspecified atom stereocenters. The largest absolute Gasteiger partial charge is 0.381 e. The first kappa shape index (κ1) is 20.7. The Labute approximate surface area is 172 Å². The number of halogens is 1. The average Bonchev–Trinajstić information content (AvgIpc) is 3.31. The molecular formula is C19H28IN5O. The highest BCUT2D eigenvalue weighted by Crippen LogP contribution is 2.28. The van der Waals surface area contributed by atoms with E-state index in [1.54, 1.807) is 13.2 Å². The van der Waals surface area contributed by atoms with Crippen LogP contribution < -0.4 is 10.6 Å². The van der Waals surface area contributed by atoms with Crippen LogP contribution in [0.25, 0.3) is 5.69 Å². The zero-order valence-corrected chi connectivity index (χ0v) is 17.6. The Bertz CT molecular complexity index is 670. The van der Waals surface area contributed by atoms with Gasteiger partial charge in [-0.15, -0.1) is 24.0 Å². The van der Waals surface area contributed by atoms with Crippen LogP contribution in [0.4, 0.5) is 0 Å². The second-order valence-corrected chi connectivity index (χ2v) is 6.32. The van der Waals surface area contributed by atoms with Crippen molar-refractivity contribution in [2.75, 3.05) is 26.8 Å². The number of guanidine groups is 1. The van der Waals surface area contributed by atoms with E-state index in [1.165, 1.54) is 18.4 Å². The Balaban J connectivity index is 0.00000243. The molecule has 1 saturated carbocycles. The molecule has 2 N–H and O–H groups in total. The Morgan fingerprint density at radius 1 is 1.31 bits per heavy atom. The van der Waals surface area contributed by atoms with Crippen LogP contribution in [0, 0.1) is 5.92 Å². The highest BCUT2D eigenvalue weighted by atomic mass is 127. The van der Waals surface area contributed by atoms with Gasteiger partial charge in [-0.3, -0.25) is 4.99 Å². The van der Waals surface area contributed by atoms with E-state index in [9.17, 15) is 0 Å². The second-order valence-electron chi connectivity index (χ2n) is 6.32. The Kier molecular flexibility index (Phi) is 8.90. The summed E-state index contributed by atoms with van der Waals surface area (Å²) in [6.45, 7) is 3.29. The molecule has 6 nitrogen and oxygen atoms in total. The summed E-state index contributed by atoms with van der Waals surface area (Å²) in [5.41, 5.74) is 2.31. The summed E-state index contributed by atoms with van der Waals surface area (Å²) < 4.78 is 7.67. The lowest BCUT2D eigenvalue weighted by molar-refractivity contribution is 0.123.